The van der Waals surface area contributed by atoms with Gasteiger partial charge in [0, 0.05) is 36.4 Å². The van der Waals surface area contributed by atoms with Gasteiger partial charge in [-0.05, 0) is 49.5 Å². The Balaban J connectivity index is 1.94. The highest BCUT2D eigenvalue weighted by Crippen LogP contribution is 2.23. The summed E-state index contributed by atoms with van der Waals surface area (Å²) in [6, 6.07) is 7.53. The molecule has 3 aromatic heterocycles. The molecule has 0 aliphatic heterocycles. The molecule has 32 heavy (non-hydrogen) atoms. The summed E-state index contributed by atoms with van der Waals surface area (Å²) in [4.78, 5) is 21.5. The standard InChI is InChI=1S/C24H29N7O/c1-15(2)14-30-17(5)10-19(18(30)6)11-20(13-25)23(32)28-22-12-21(16(3)4)29-31(22)24-26-8-7-9-27-24/h7-12,15-16H,14H2,1-6H3,(H,28,32)/b20-11-. The largest absolute Gasteiger partial charge is 0.348 e. The Morgan fingerprint density at radius 3 is 2.47 bits per heavy atom. The lowest BCUT2D eigenvalue weighted by Crippen LogP contribution is -2.17. The third-order valence-corrected chi connectivity index (χ3v) is 5.13. The Labute approximate surface area is 188 Å². The van der Waals surface area contributed by atoms with Crippen LogP contribution in [0.25, 0.3) is 12.0 Å². The minimum atomic E-state index is -0.506. The van der Waals surface area contributed by atoms with Gasteiger partial charge in [-0.15, -0.1) is 0 Å². The summed E-state index contributed by atoms with van der Waals surface area (Å²) in [5.74, 6) is 0.887. The van der Waals surface area contributed by atoms with Crippen molar-refractivity contribution in [3.05, 3.63) is 58.8 Å². The van der Waals surface area contributed by atoms with Crippen molar-refractivity contribution >= 4 is 17.8 Å². The monoisotopic (exact) mass is 431 g/mol. The maximum absolute atomic E-state index is 13.0. The fourth-order valence-electron chi connectivity index (χ4n) is 3.43. The van der Waals surface area contributed by atoms with E-state index < -0.39 is 5.91 Å². The molecule has 3 rings (SSSR count). The first kappa shape index (κ1) is 22.9. The number of rotatable bonds is 7. The molecule has 8 nitrogen and oxygen atoms in total. The van der Waals surface area contributed by atoms with E-state index in [4.69, 9.17) is 0 Å². The summed E-state index contributed by atoms with van der Waals surface area (Å²) < 4.78 is 3.69. The summed E-state index contributed by atoms with van der Waals surface area (Å²) in [5.41, 5.74) is 3.79. The fraction of sp³-hybridized carbons (Fsp3) is 0.375. The SMILES string of the molecule is Cc1cc(/C=C(/C#N)C(=O)Nc2cc(C(C)C)nn2-c2ncccn2)c(C)n1CC(C)C. The Kier molecular flexibility index (Phi) is 6.89. The molecule has 0 spiro atoms. The Bertz CT molecular complexity index is 1180. The summed E-state index contributed by atoms with van der Waals surface area (Å²) in [5, 5.41) is 17.0. The zero-order valence-corrected chi connectivity index (χ0v) is 19.4. The lowest BCUT2D eigenvalue weighted by atomic mass is 10.1. The van der Waals surface area contributed by atoms with E-state index in [1.165, 1.54) is 4.68 Å². The molecule has 0 bridgehead atoms. The van der Waals surface area contributed by atoms with Crippen LogP contribution in [0.15, 0.2) is 36.2 Å². The molecule has 0 aliphatic rings. The number of hydrogen-bond acceptors (Lipinski definition) is 5. The van der Waals surface area contributed by atoms with Gasteiger partial charge in [0.1, 0.15) is 17.5 Å². The van der Waals surface area contributed by atoms with Gasteiger partial charge in [-0.25, -0.2) is 9.97 Å². The van der Waals surface area contributed by atoms with E-state index >= 15 is 0 Å². The number of aromatic nitrogens is 5. The molecule has 3 aromatic rings. The van der Waals surface area contributed by atoms with E-state index in [1.807, 2.05) is 39.8 Å². The van der Waals surface area contributed by atoms with Crippen molar-refractivity contribution in [2.24, 2.45) is 5.92 Å². The summed E-state index contributed by atoms with van der Waals surface area (Å²) in [7, 11) is 0. The minimum Gasteiger partial charge on any atom is -0.348 e. The highest BCUT2D eigenvalue weighted by molar-refractivity contribution is 6.09. The van der Waals surface area contributed by atoms with E-state index in [0.29, 0.717) is 17.7 Å². The van der Waals surface area contributed by atoms with Crippen LogP contribution < -0.4 is 5.32 Å². The zero-order valence-electron chi connectivity index (χ0n) is 19.4. The predicted octanol–water partition coefficient (Wildman–Crippen LogP) is 4.41. The van der Waals surface area contributed by atoms with Crippen LogP contribution in [0.5, 0.6) is 0 Å². The molecule has 1 N–H and O–H groups in total. The van der Waals surface area contributed by atoms with Crippen LogP contribution >= 0.6 is 0 Å². The first-order chi connectivity index (χ1) is 15.2. The quantitative estimate of drug-likeness (QED) is 0.441. The molecule has 0 atom stereocenters. The number of anilines is 1. The van der Waals surface area contributed by atoms with Crippen LogP contribution in [0.3, 0.4) is 0 Å². The van der Waals surface area contributed by atoms with Gasteiger partial charge in [-0.3, -0.25) is 4.79 Å². The van der Waals surface area contributed by atoms with Gasteiger partial charge >= 0.3 is 0 Å². The molecule has 0 saturated carbocycles. The third kappa shape index (κ3) is 4.94. The number of nitrogens with one attached hydrogen (secondary N) is 1. The van der Waals surface area contributed by atoms with Gasteiger partial charge in [0.15, 0.2) is 0 Å². The maximum atomic E-state index is 13.0. The zero-order chi connectivity index (χ0) is 23.4. The second-order valence-corrected chi connectivity index (χ2v) is 8.52. The number of aryl methyl sites for hydroxylation is 1. The van der Waals surface area contributed by atoms with Gasteiger partial charge in [0.25, 0.3) is 11.9 Å². The van der Waals surface area contributed by atoms with Crippen LogP contribution in [0, 0.1) is 31.1 Å². The van der Waals surface area contributed by atoms with Crippen molar-refractivity contribution in [2.45, 2.75) is 54.0 Å². The molecule has 0 aliphatic carbocycles. The van der Waals surface area contributed by atoms with E-state index in [9.17, 15) is 10.1 Å². The number of carbonyl (C=O) groups is 1. The topological polar surface area (TPSA) is 101 Å². The van der Waals surface area contributed by atoms with Crippen molar-refractivity contribution in [3.63, 3.8) is 0 Å². The van der Waals surface area contributed by atoms with Crippen molar-refractivity contribution in [2.75, 3.05) is 5.32 Å². The van der Waals surface area contributed by atoms with Crippen molar-refractivity contribution < 1.29 is 4.79 Å². The molecule has 0 fully saturated rings. The van der Waals surface area contributed by atoms with Crippen LogP contribution in [-0.4, -0.2) is 30.2 Å². The molecule has 8 heteroatoms. The van der Waals surface area contributed by atoms with Gasteiger partial charge in [0.2, 0.25) is 0 Å². The van der Waals surface area contributed by atoms with Crippen LogP contribution in [0.2, 0.25) is 0 Å². The molecular weight excluding hydrogens is 402 g/mol. The van der Waals surface area contributed by atoms with Gasteiger partial charge in [-0.2, -0.15) is 15.0 Å². The van der Waals surface area contributed by atoms with Crippen LogP contribution in [0.1, 0.15) is 56.3 Å². The molecule has 0 saturated heterocycles. The Morgan fingerprint density at radius 2 is 1.88 bits per heavy atom. The molecule has 3 heterocycles. The molecule has 166 valence electrons. The highest BCUT2D eigenvalue weighted by atomic mass is 16.1. The average molecular weight is 432 g/mol. The lowest BCUT2D eigenvalue weighted by molar-refractivity contribution is -0.112. The first-order valence-electron chi connectivity index (χ1n) is 10.7. The van der Waals surface area contributed by atoms with Crippen LogP contribution in [0.4, 0.5) is 5.82 Å². The molecule has 0 radical (unpaired) electrons. The number of carbonyl (C=O) groups excluding carboxylic acids is 1. The van der Waals surface area contributed by atoms with Crippen molar-refractivity contribution in [1.29, 1.82) is 5.26 Å². The molecule has 0 unspecified atom stereocenters. The highest BCUT2D eigenvalue weighted by Gasteiger charge is 2.19. The lowest BCUT2D eigenvalue weighted by Gasteiger charge is -2.12. The predicted molar refractivity (Wildman–Crippen MR) is 124 cm³/mol. The van der Waals surface area contributed by atoms with E-state index in [-0.39, 0.29) is 11.5 Å². The fourth-order valence-corrected chi connectivity index (χ4v) is 3.43. The normalized spacial score (nSPS) is 11.8. The number of amides is 1. The van der Waals surface area contributed by atoms with Gasteiger partial charge < -0.3 is 9.88 Å². The van der Waals surface area contributed by atoms with Crippen LogP contribution in [-0.2, 0) is 11.3 Å². The van der Waals surface area contributed by atoms with Crippen molar-refractivity contribution in [3.8, 4) is 12.0 Å². The number of hydrogen-bond donors (Lipinski definition) is 1. The van der Waals surface area contributed by atoms with Gasteiger partial charge in [-0.1, -0.05) is 27.7 Å². The number of nitriles is 1. The average Bonchev–Trinajstić information content (AvgIpc) is 3.29. The number of nitrogens with zero attached hydrogens (tertiary/aromatic N) is 6. The molecule has 1 amide bonds. The summed E-state index contributed by atoms with van der Waals surface area (Å²) in [6.07, 6.45) is 4.86. The molecular formula is C24H29N7O. The third-order valence-electron chi connectivity index (χ3n) is 5.13. The minimum absolute atomic E-state index is 0.0163. The maximum Gasteiger partial charge on any atom is 0.267 e. The smallest absolute Gasteiger partial charge is 0.267 e. The molecule has 0 aromatic carbocycles. The second-order valence-electron chi connectivity index (χ2n) is 8.52. The van der Waals surface area contributed by atoms with E-state index in [1.54, 1.807) is 30.6 Å². The first-order valence-corrected chi connectivity index (χ1v) is 10.7. The van der Waals surface area contributed by atoms with Crippen molar-refractivity contribution in [1.82, 2.24) is 24.3 Å². The summed E-state index contributed by atoms with van der Waals surface area (Å²) >= 11 is 0. The Hall–Kier alpha value is -3.73. The summed E-state index contributed by atoms with van der Waals surface area (Å²) in [6.45, 7) is 13.3. The Morgan fingerprint density at radius 1 is 1.19 bits per heavy atom. The van der Waals surface area contributed by atoms with Gasteiger partial charge in [0.05, 0.1) is 5.69 Å². The van der Waals surface area contributed by atoms with E-state index in [2.05, 4.69) is 38.8 Å². The second kappa shape index (κ2) is 9.60. The van der Waals surface area contributed by atoms with E-state index in [0.717, 1.165) is 29.2 Å².